The maximum Gasteiger partial charge on any atom is 0.322 e. The van der Waals surface area contributed by atoms with Gasteiger partial charge in [-0.1, -0.05) is 62.7 Å². The summed E-state index contributed by atoms with van der Waals surface area (Å²) in [7, 11) is 0. The smallest absolute Gasteiger partial charge is 0.320 e. The molecule has 0 radical (unpaired) electrons. The monoisotopic (exact) mass is 310 g/mol. The number of rotatable bonds is 7. The molecule has 0 aliphatic rings. The van der Waals surface area contributed by atoms with Crippen LogP contribution in [0.3, 0.4) is 0 Å². The molecule has 3 heteroatoms. The van der Waals surface area contributed by atoms with Gasteiger partial charge in [0.2, 0.25) is 0 Å². The molecule has 0 fully saturated rings. The third-order valence-electron chi connectivity index (χ3n) is 3.87. The zero-order chi connectivity index (χ0) is 16.5. The molecule has 2 aromatic rings. The van der Waals surface area contributed by atoms with Crippen molar-refractivity contribution in [3.63, 3.8) is 0 Å². The molecule has 0 saturated carbocycles. The topological polar surface area (TPSA) is 32.3 Å². The Labute approximate surface area is 139 Å². The molecule has 23 heavy (non-hydrogen) atoms. The molecule has 2 aromatic carbocycles. The molecule has 0 aliphatic carbocycles. The summed E-state index contributed by atoms with van der Waals surface area (Å²) in [4.78, 5) is 14.5. The van der Waals surface area contributed by atoms with E-state index in [9.17, 15) is 4.79 Å². The molecule has 0 atom stereocenters. The van der Waals surface area contributed by atoms with Gasteiger partial charge >= 0.3 is 6.03 Å². The molecule has 2 amide bonds. The van der Waals surface area contributed by atoms with Crippen molar-refractivity contribution in [1.82, 2.24) is 4.90 Å². The summed E-state index contributed by atoms with van der Waals surface area (Å²) in [6.07, 6.45) is 3.05. The van der Waals surface area contributed by atoms with Crippen LogP contribution in [0.4, 0.5) is 10.5 Å². The highest BCUT2D eigenvalue weighted by atomic mass is 16.2. The highest BCUT2D eigenvalue weighted by Gasteiger charge is 2.13. The molecule has 0 heterocycles. The van der Waals surface area contributed by atoms with Crippen LogP contribution in [0.25, 0.3) is 0 Å². The second kappa shape index (κ2) is 8.99. The minimum Gasteiger partial charge on any atom is -0.320 e. The van der Waals surface area contributed by atoms with Crippen LogP contribution in [-0.2, 0) is 13.0 Å². The summed E-state index contributed by atoms with van der Waals surface area (Å²) >= 11 is 0. The Bertz CT molecular complexity index is 610. The largest absolute Gasteiger partial charge is 0.322 e. The van der Waals surface area contributed by atoms with Gasteiger partial charge in [0, 0.05) is 18.8 Å². The lowest BCUT2D eigenvalue weighted by Gasteiger charge is -2.23. The Morgan fingerprint density at radius 3 is 2.43 bits per heavy atom. The van der Waals surface area contributed by atoms with E-state index >= 15 is 0 Å². The number of carbonyl (C=O) groups is 1. The van der Waals surface area contributed by atoms with Crippen molar-refractivity contribution in [3.8, 4) is 0 Å². The van der Waals surface area contributed by atoms with Crippen LogP contribution < -0.4 is 5.32 Å². The van der Waals surface area contributed by atoms with Gasteiger partial charge in [-0.05, 0) is 36.1 Å². The van der Waals surface area contributed by atoms with E-state index < -0.39 is 0 Å². The second-order valence-corrected chi connectivity index (χ2v) is 5.74. The number of carbonyl (C=O) groups excluding carboxylic acids is 1. The maximum absolute atomic E-state index is 12.6. The van der Waals surface area contributed by atoms with Gasteiger partial charge in [-0.25, -0.2) is 4.79 Å². The highest BCUT2D eigenvalue weighted by Crippen LogP contribution is 2.13. The number of urea groups is 1. The van der Waals surface area contributed by atoms with E-state index in [1.807, 2.05) is 41.3 Å². The van der Waals surface area contributed by atoms with Crippen LogP contribution in [-0.4, -0.2) is 17.5 Å². The molecule has 0 bridgehead atoms. The minimum absolute atomic E-state index is 0.0319. The predicted molar refractivity (Wildman–Crippen MR) is 96.6 cm³/mol. The van der Waals surface area contributed by atoms with Gasteiger partial charge in [-0.2, -0.15) is 0 Å². The minimum atomic E-state index is -0.0319. The first kappa shape index (κ1) is 17.1. The quantitative estimate of drug-likeness (QED) is 0.759. The van der Waals surface area contributed by atoms with Gasteiger partial charge in [-0.3, -0.25) is 0 Å². The standard InChI is InChI=1S/C20H26N2O/c1-3-5-14-22(16-18-10-7-6-8-11-18)20(23)21-19-13-9-12-17(4-2)15-19/h6-13,15H,3-5,14,16H2,1-2H3,(H,21,23). The maximum atomic E-state index is 12.6. The number of benzene rings is 2. The van der Waals surface area contributed by atoms with Crippen molar-refractivity contribution in [1.29, 1.82) is 0 Å². The molecule has 2 rings (SSSR count). The van der Waals surface area contributed by atoms with Crippen LogP contribution in [0.1, 0.15) is 37.8 Å². The molecule has 0 saturated heterocycles. The molecule has 122 valence electrons. The average molecular weight is 310 g/mol. The molecule has 0 unspecified atom stereocenters. The lowest BCUT2D eigenvalue weighted by molar-refractivity contribution is 0.208. The highest BCUT2D eigenvalue weighted by molar-refractivity contribution is 5.89. The van der Waals surface area contributed by atoms with Gasteiger partial charge < -0.3 is 10.2 Å². The van der Waals surface area contributed by atoms with Crippen LogP contribution >= 0.6 is 0 Å². The van der Waals surface area contributed by atoms with E-state index in [2.05, 4.69) is 37.4 Å². The molecule has 3 nitrogen and oxygen atoms in total. The molecule has 0 aliphatic heterocycles. The number of nitrogens with zero attached hydrogens (tertiary/aromatic N) is 1. The van der Waals surface area contributed by atoms with Crippen molar-refractivity contribution in [2.75, 3.05) is 11.9 Å². The van der Waals surface area contributed by atoms with E-state index in [0.717, 1.165) is 37.1 Å². The Kier molecular flexibility index (Phi) is 6.67. The number of aryl methyl sites for hydroxylation is 1. The molecule has 1 N–H and O–H groups in total. The van der Waals surface area contributed by atoms with Crippen molar-refractivity contribution in [3.05, 3.63) is 65.7 Å². The predicted octanol–water partition coefficient (Wildman–Crippen LogP) is 5.08. The fraction of sp³-hybridized carbons (Fsp3) is 0.350. The first-order chi connectivity index (χ1) is 11.2. The number of nitrogens with one attached hydrogen (secondary N) is 1. The summed E-state index contributed by atoms with van der Waals surface area (Å²) in [6, 6.07) is 18.2. The fourth-order valence-electron chi connectivity index (χ4n) is 2.48. The number of amides is 2. The van der Waals surface area contributed by atoms with Crippen molar-refractivity contribution in [2.24, 2.45) is 0 Å². The van der Waals surface area contributed by atoms with E-state index in [1.165, 1.54) is 5.56 Å². The first-order valence-electron chi connectivity index (χ1n) is 8.41. The van der Waals surface area contributed by atoms with Crippen LogP contribution in [0, 0.1) is 0 Å². The van der Waals surface area contributed by atoms with Crippen molar-refractivity contribution >= 4 is 11.7 Å². The van der Waals surface area contributed by atoms with Crippen molar-refractivity contribution in [2.45, 2.75) is 39.7 Å². The zero-order valence-electron chi connectivity index (χ0n) is 14.1. The molecule has 0 spiro atoms. The number of hydrogen-bond donors (Lipinski definition) is 1. The zero-order valence-corrected chi connectivity index (χ0v) is 14.1. The van der Waals surface area contributed by atoms with Crippen LogP contribution in [0.2, 0.25) is 0 Å². The Hall–Kier alpha value is -2.29. The Morgan fingerprint density at radius 2 is 1.74 bits per heavy atom. The Balaban J connectivity index is 2.06. The van der Waals surface area contributed by atoms with Gasteiger partial charge in [0.05, 0.1) is 0 Å². The molecular weight excluding hydrogens is 284 g/mol. The SMILES string of the molecule is CCCCN(Cc1ccccc1)C(=O)Nc1cccc(CC)c1. The van der Waals surface area contributed by atoms with E-state index in [4.69, 9.17) is 0 Å². The van der Waals surface area contributed by atoms with Gasteiger partial charge in [0.25, 0.3) is 0 Å². The number of hydrogen-bond acceptors (Lipinski definition) is 1. The summed E-state index contributed by atoms with van der Waals surface area (Å²) in [5, 5.41) is 3.03. The lowest BCUT2D eigenvalue weighted by atomic mass is 10.1. The third kappa shape index (κ3) is 5.44. The number of anilines is 1. The van der Waals surface area contributed by atoms with Crippen molar-refractivity contribution < 1.29 is 4.79 Å². The van der Waals surface area contributed by atoms with Gasteiger partial charge in [-0.15, -0.1) is 0 Å². The molecular formula is C20H26N2O. The lowest BCUT2D eigenvalue weighted by Crippen LogP contribution is -2.35. The van der Waals surface area contributed by atoms with Crippen LogP contribution in [0.15, 0.2) is 54.6 Å². The first-order valence-corrected chi connectivity index (χ1v) is 8.41. The fourth-order valence-corrected chi connectivity index (χ4v) is 2.48. The van der Waals surface area contributed by atoms with Crippen LogP contribution in [0.5, 0.6) is 0 Å². The van der Waals surface area contributed by atoms with Gasteiger partial charge in [0.1, 0.15) is 0 Å². The Morgan fingerprint density at radius 1 is 1.00 bits per heavy atom. The molecule has 0 aromatic heterocycles. The normalized spacial score (nSPS) is 10.3. The van der Waals surface area contributed by atoms with E-state index in [-0.39, 0.29) is 6.03 Å². The summed E-state index contributed by atoms with van der Waals surface area (Å²) < 4.78 is 0. The summed E-state index contributed by atoms with van der Waals surface area (Å²) in [6.45, 7) is 5.66. The van der Waals surface area contributed by atoms with E-state index in [1.54, 1.807) is 0 Å². The summed E-state index contributed by atoms with van der Waals surface area (Å²) in [5.41, 5.74) is 3.25. The van der Waals surface area contributed by atoms with Gasteiger partial charge in [0.15, 0.2) is 0 Å². The average Bonchev–Trinajstić information content (AvgIpc) is 2.59. The third-order valence-corrected chi connectivity index (χ3v) is 3.87. The second-order valence-electron chi connectivity index (χ2n) is 5.74. The summed E-state index contributed by atoms with van der Waals surface area (Å²) in [5.74, 6) is 0. The van der Waals surface area contributed by atoms with E-state index in [0.29, 0.717) is 6.54 Å². The number of unbranched alkanes of at least 4 members (excludes halogenated alkanes) is 1.